The molecular formula is C10H19BrO. The first-order chi connectivity index (χ1) is 5.93. The van der Waals surface area contributed by atoms with Gasteiger partial charge in [-0.1, -0.05) is 35.2 Å². The van der Waals surface area contributed by atoms with Crippen LogP contribution in [0, 0.1) is 5.92 Å². The van der Waals surface area contributed by atoms with Crippen molar-refractivity contribution in [1.29, 1.82) is 0 Å². The van der Waals surface area contributed by atoms with Crippen LogP contribution in [0.15, 0.2) is 0 Å². The Morgan fingerprint density at radius 3 is 2.58 bits per heavy atom. The molecule has 1 fully saturated rings. The van der Waals surface area contributed by atoms with E-state index in [-0.39, 0.29) is 0 Å². The van der Waals surface area contributed by atoms with E-state index in [9.17, 15) is 0 Å². The van der Waals surface area contributed by atoms with Crippen LogP contribution in [0.4, 0.5) is 0 Å². The zero-order valence-corrected chi connectivity index (χ0v) is 9.31. The summed E-state index contributed by atoms with van der Waals surface area (Å²) in [7, 11) is 0. The summed E-state index contributed by atoms with van der Waals surface area (Å²) < 4.78 is 5.58. The summed E-state index contributed by atoms with van der Waals surface area (Å²) in [6.45, 7) is 1.94. The van der Waals surface area contributed by atoms with E-state index in [1.165, 1.54) is 32.1 Å². The molecule has 0 aromatic heterocycles. The number of hydrogen-bond acceptors (Lipinski definition) is 1. The minimum atomic E-state index is 0.870. The maximum Gasteiger partial charge on any atom is 0.0494 e. The quantitative estimate of drug-likeness (QED) is 0.524. The van der Waals surface area contributed by atoms with Crippen molar-refractivity contribution in [1.82, 2.24) is 0 Å². The van der Waals surface area contributed by atoms with E-state index in [1.807, 2.05) is 0 Å². The Labute approximate surface area is 84.0 Å². The Hall–Kier alpha value is 0.440. The van der Waals surface area contributed by atoms with Gasteiger partial charge in [-0.05, 0) is 25.2 Å². The van der Waals surface area contributed by atoms with Gasteiger partial charge in [0.25, 0.3) is 0 Å². The molecule has 0 saturated heterocycles. The van der Waals surface area contributed by atoms with Gasteiger partial charge in [0.15, 0.2) is 0 Å². The molecule has 0 aromatic rings. The molecular weight excluding hydrogens is 216 g/mol. The van der Waals surface area contributed by atoms with Gasteiger partial charge in [-0.3, -0.25) is 0 Å². The van der Waals surface area contributed by atoms with Crippen LogP contribution >= 0.6 is 15.9 Å². The highest BCUT2D eigenvalue weighted by Crippen LogP contribution is 2.23. The molecule has 1 saturated carbocycles. The SMILES string of the molecule is BrCCCOCC1CCCCC1. The summed E-state index contributed by atoms with van der Waals surface area (Å²) in [4.78, 5) is 0. The van der Waals surface area contributed by atoms with E-state index >= 15 is 0 Å². The lowest BCUT2D eigenvalue weighted by atomic mass is 9.90. The highest BCUT2D eigenvalue weighted by Gasteiger charge is 2.12. The number of ether oxygens (including phenoxy) is 1. The van der Waals surface area contributed by atoms with Crippen molar-refractivity contribution in [2.24, 2.45) is 5.92 Å². The van der Waals surface area contributed by atoms with Crippen LogP contribution in [0.1, 0.15) is 38.5 Å². The van der Waals surface area contributed by atoms with Crippen LogP contribution in [0.2, 0.25) is 0 Å². The van der Waals surface area contributed by atoms with E-state index in [0.29, 0.717) is 0 Å². The summed E-state index contributed by atoms with van der Waals surface area (Å²) >= 11 is 3.40. The van der Waals surface area contributed by atoms with Crippen molar-refractivity contribution in [3.8, 4) is 0 Å². The van der Waals surface area contributed by atoms with Crippen LogP contribution in [0.25, 0.3) is 0 Å². The van der Waals surface area contributed by atoms with Crippen LogP contribution in [0.3, 0.4) is 0 Å². The standard InChI is InChI=1S/C10H19BrO/c11-7-4-8-12-9-10-5-2-1-3-6-10/h10H,1-9H2. The van der Waals surface area contributed by atoms with E-state index in [2.05, 4.69) is 15.9 Å². The molecule has 72 valence electrons. The lowest BCUT2D eigenvalue weighted by Crippen LogP contribution is -2.13. The second kappa shape index (κ2) is 6.90. The average Bonchev–Trinajstić information content (AvgIpc) is 2.14. The minimum Gasteiger partial charge on any atom is -0.381 e. The smallest absolute Gasteiger partial charge is 0.0494 e. The van der Waals surface area contributed by atoms with Gasteiger partial charge in [-0.2, -0.15) is 0 Å². The van der Waals surface area contributed by atoms with Crippen molar-refractivity contribution in [2.75, 3.05) is 18.5 Å². The molecule has 12 heavy (non-hydrogen) atoms. The Balaban J connectivity index is 1.91. The molecule has 0 unspecified atom stereocenters. The maximum atomic E-state index is 5.58. The topological polar surface area (TPSA) is 9.23 Å². The van der Waals surface area contributed by atoms with Gasteiger partial charge < -0.3 is 4.74 Å². The van der Waals surface area contributed by atoms with Gasteiger partial charge in [0.1, 0.15) is 0 Å². The monoisotopic (exact) mass is 234 g/mol. The summed E-state index contributed by atoms with van der Waals surface area (Å²) in [5.74, 6) is 0.870. The van der Waals surface area contributed by atoms with E-state index in [1.54, 1.807) is 0 Å². The fourth-order valence-corrected chi connectivity index (χ4v) is 1.99. The van der Waals surface area contributed by atoms with Gasteiger partial charge in [0.05, 0.1) is 0 Å². The van der Waals surface area contributed by atoms with Gasteiger partial charge in [-0.25, -0.2) is 0 Å². The van der Waals surface area contributed by atoms with Crippen molar-refractivity contribution in [3.63, 3.8) is 0 Å². The molecule has 2 heteroatoms. The van der Waals surface area contributed by atoms with Gasteiger partial charge in [0, 0.05) is 18.5 Å². The van der Waals surface area contributed by atoms with Gasteiger partial charge >= 0.3 is 0 Å². The molecule has 0 aliphatic heterocycles. The molecule has 0 bridgehead atoms. The Morgan fingerprint density at radius 1 is 1.17 bits per heavy atom. The lowest BCUT2D eigenvalue weighted by molar-refractivity contribution is 0.0864. The van der Waals surface area contributed by atoms with E-state index < -0.39 is 0 Å². The van der Waals surface area contributed by atoms with Crippen molar-refractivity contribution < 1.29 is 4.74 Å². The molecule has 0 atom stereocenters. The number of halogens is 1. The number of rotatable bonds is 5. The molecule has 1 nitrogen and oxygen atoms in total. The first-order valence-electron chi connectivity index (χ1n) is 5.07. The first kappa shape index (κ1) is 10.5. The van der Waals surface area contributed by atoms with Crippen LogP contribution in [0.5, 0.6) is 0 Å². The van der Waals surface area contributed by atoms with E-state index in [4.69, 9.17) is 4.74 Å². The zero-order valence-electron chi connectivity index (χ0n) is 7.73. The maximum absolute atomic E-state index is 5.58. The summed E-state index contributed by atoms with van der Waals surface area (Å²) in [6.07, 6.45) is 8.23. The van der Waals surface area contributed by atoms with Crippen molar-refractivity contribution >= 4 is 15.9 Å². The van der Waals surface area contributed by atoms with Crippen LogP contribution in [-0.4, -0.2) is 18.5 Å². The molecule has 0 aromatic carbocycles. The minimum absolute atomic E-state index is 0.870. The fourth-order valence-electron chi connectivity index (χ4n) is 1.76. The third kappa shape index (κ3) is 4.46. The normalized spacial score (nSPS) is 19.8. The molecule has 0 N–H and O–H groups in total. The van der Waals surface area contributed by atoms with E-state index in [0.717, 1.165) is 30.9 Å². The molecule has 0 spiro atoms. The number of alkyl halides is 1. The van der Waals surface area contributed by atoms with Crippen LogP contribution in [-0.2, 0) is 4.74 Å². The molecule has 0 radical (unpaired) electrons. The van der Waals surface area contributed by atoms with Gasteiger partial charge in [0.2, 0.25) is 0 Å². The highest BCUT2D eigenvalue weighted by atomic mass is 79.9. The van der Waals surface area contributed by atoms with Crippen LogP contribution < -0.4 is 0 Å². The van der Waals surface area contributed by atoms with Gasteiger partial charge in [-0.15, -0.1) is 0 Å². The van der Waals surface area contributed by atoms with Crippen molar-refractivity contribution in [3.05, 3.63) is 0 Å². The fraction of sp³-hybridized carbons (Fsp3) is 1.00. The zero-order chi connectivity index (χ0) is 8.65. The third-order valence-corrected chi connectivity index (χ3v) is 3.06. The molecule has 0 amide bonds. The second-order valence-corrected chi connectivity index (χ2v) is 4.41. The predicted octanol–water partition coefficient (Wildman–Crippen LogP) is 3.37. The highest BCUT2D eigenvalue weighted by molar-refractivity contribution is 9.09. The largest absolute Gasteiger partial charge is 0.381 e. The molecule has 1 aliphatic carbocycles. The first-order valence-corrected chi connectivity index (χ1v) is 6.19. The molecule has 0 heterocycles. The predicted molar refractivity (Wildman–Crippen MR) is 55.8 cm³/mol. The summed E-state index contributed by atoms with van der Waals surface area (Å²) in [5.41, 5.74) is 0. The summed E-state index contributed by atoms with van der Waals surface area (Å²) in [6, 6.07) is 0. The average molecular weight is 235 g/mol. The Kier molecular flexibility index (Phi) is 6.05. The molecule has 1 aliphatic rings. The lowest BCUT2D eigenvalue weighted by Gasteiger charge is -2.21. The second-order valence-electron chi connectivity index (χ2n) is 3.62. The van der Waals surface area contributed by atoms with Crippen molar-refractivity contribution in [2.45, 2.75) is 38.5 Å². The number of hydrogen-bond donors (Lipinski definition) is 0. The summed E-state index contributed by atoms with van der Waals surface area (Å²) in [5, 5.41) is 1.07. The Bertz CT molecular complexity index is 100. The Morgan fingerprint density at radius 2 is 1.92 bits per heavy atom. The molecule has 1 rings (SSSR count). The third-order valence-electron chi connectivity index (χ3n) is 2.50.